The number of carbonyl (C=O) groups excluding carboxylic acids is 6. The first-order chi connectivity index (χ1) is 24.5. The first-order valence-corrected chi connectivity index (χ1v) is 18.5. The predicted molar refractivity (Wildman–Crippen MR) is 196 cm³/mol. The molecule has 0 unspecified atom stereocenters. The number of hydrogen-bond acceptors (Lipinski definition) is 8. The highest BCUT2D eigenvalue weighted by Crippen LogP contribution is 2.27. The Morgan fingerprint density at radius 3 is 2.08 bits per heavy atom. The number of hydrogen-bond donors (Lipinski definition) is 1. The summed E-state index contributed by atoms with van der Waals surface area (Å²) in [5.41, 5.74) is 0.762. The van der Waals surface area contributed by atoms with Gasteiger partial charge in [0, 0.05) is 33.5 Å². The van der Waals surface area contributed by atoms with E-state index in [0.717, 1.165) is 5.56 Å². The summed E-state index contributed by atoms with van der Waals surface area (Å²) in [6.07, 6.45) is 5.50. The lowest BCUT2D eigenvalue weighted by Gasteiger charge is -2.36. The summed E-state index contributed by atoms with van der Waals surface area (Å²) < 4.78 is 12.1. The second-order valence-corrected chi connectivity index (χ2v) is 15.2. The van der Waals surface area contributed by atoms with Crippen LogP contribution < -0.4 is 5.32 Å². The molecule has 1 N–H and O–H groups in total. The van der Waals surface area contributed by atoms with E-state index in [1.807, 2.05) is 30.3 Å². The third-order valence-electron chi connectivity index (χ3n) is 10.2. The second-order valence-electron chi connectivity index (χ2n) is 15.2. The molecule has 0 aromatic heterocycles. The fourth-order valence-corrected chi connectivity index (χ4v) is 6.97. The Balaban J connectivity index is 2.17. The van der Waals surface area contributed by atoms with Gasteiger partial charge in [-0.25, -0.2) is 9.59 Å². The Labute approximate surface area is 309 Å². The molecule has 2 aliphatic heterocycles. The highest BCUT2D eigenvalue weighted by Gasteiger charge is 2.45. The zero-order chi connectivity index (χ0) is 38.9. The Kier molecular flexibility index (Phi) is 15.3. The van der Waals surface area contributed by atoms with Gasteiger partial charge in [0.25, 0.3) is 5.91 Å². The summed E-state index contributed by atoms with van der Waals surface area (Å²) in [5, 5.41) is 2.87. The minimum absolute atomic E-state index is 0.0928. The summed E-state index contributed by atoms with van der Waals surface area (Å²) in [4.78, 5) is 88.7. The number of esters is 2. The summed E-state index contributed by atoms with van der Waals surface area (Å²) in [6, 6.07) is 5.05. The molecule has 3 rings (SSSR count). The van der Waals surface area contributed by atoms with E-state index in [9.17, 15) is 28.8 Å². The van der Waals surface area contributed by atoms with Crippen LogP contribution in [-0.4, -0.2) is 107 Å². The van der Waals surface area contributed by atoms with Crippen molar-refractivity contribution in [1.29, 1.82) is 0 Å². The molecule has 2 heterocycles. The lowest BCUT2D eigenvalue weighted by Crippen LogP contribution is -2.57. The van der Waals surface area contributed by atoms with Crippen LogP contribution in [0.2, 0.25) is 0 Å². The van der Waals surface area contributed by atoms with Crippen molar-refractivity contribution in [2.75, 3.05) is 20.6 Å². The van der Waals surface area contributed by atoms with Crippen LogP contribution in [0.15, 0.2) is 30.3 Å². The average molecular weight is 723 g/mol. The fraction of sp³-hybridized carbons (Fsp3) is 0.650. The zero-order valence-corrected chi connectivity index (χ0v) is 32.3. The van der Waals surface area contributed by atoms with Crippen LogP contribution in [0.3, 0.4) is 0 Å². The van der Waals surface area contributed by atoms with Gasteiger partial charge in [-0.1, -0.05) is 78.8 Å². The van der Waals surface area contributed by atoms with Crippen molar-refractivity contribution in [2.24, 2.45) is 23.7 Å². The maximum Gasteiger partial charge on any atom is 0.329 e. The number of rotatable bonds is 8. The van der Waals surface area contributed by atoms with Crippen molar-refractivity contribution in [3.63, 3.8) is 0 Å². The van der Waals surface area contributed by atoms with Crippen LogP contribution in [0.5, 0.6) is 0 Å². The number of terminal acetylenes is 1. The number of unbranched alkanes of at least 4 members (excludes halogenated alkanes) is 1. The van der Waals surface area contributed by atoms with Crippen molar-refractivity contribution in [2.45, 2.75) is 123 Å². The molecule has 4 amide bonds. The fourth-order valence-electron chi connectivity index (χ4n) is 6.97. The van der Waals surface area contributed by atoms with Gasteiger partial charge in [0.15, 0.2) is 6.10 Å². The second kappa shape index (κ2) is 18.9. The molecule has 0 bridgehead atoms. The highest BCUT2D eigenvalue weighted by atomic mass is 16.6. The number of nitrogens with one attached hydrogen (secondary N) is 1. The average Bonchev–Trinajstić information content (AvgIpc) is 3.59. The molecule has 52 heavy (non-hydrogen) atoms. The summed E-state index contributed by atoms with van der Waals surface area (Å²) in [6.45, 7) is 12.6. The predicted octanol–water partition coefficient (Wildman–Crippen LogP) is 3.60. The van der Waals surface area contributed by atoms with Gasteiger partial charge in [-0.05, 0) is 49.0 Å². The normalized spacial score (nSPS) is 27.5. The van der Waals surface area contributed by atoms with E-state index < -0.39 is 89.7 Å². The van der Waals surface area contributed by atoms with Gasteiger partial charge in [-0.15, -0.1) is 12.3 Å². The lowest BCUT2D eigenvalue weighted by atomic mass is 9.95. The van der Waals surface area contributed by atoms with E-state index in [2.05, 4.69) is 11.2 Å². The first kappa shape index (κ1) is 42.0. The van der Waals surface area contributed by atoms with Gasteiger partial charge in [-0.3, -0.25) is 19.2 Å². The van der Waals surface area contributed by atoms with Crippen molar-refractivity contribution in [1.82, 2.24) is 20.0 Å². The van der Waals surface area contributed by atoms with Gasteiger partial charge in [-0.2, -0.15) is 0 Å². The standard InChI is InChI=1S/C40H58N4O8/c1-11-12-14-21-31-27(8)35(45)41-32(24(2)3)37(47)42(9)30(23-28-18-15-13-16-19-28)39(49)52-34(26(6)7)38(48)44-22-17-20-29(44)36(46)43(10)33(25(4)5)40(50)51-31/h1,13,15-16,18-19,24-27,29-34H,12,14,17,20-23H2,2-10H3,(H,41,45)/t27-,29-,30-,31-,32-,33-,34-/m0/s1. The van der Waals surface area contributed by atoms with E-state index in [-0.39, 0.29) is 25.3 Å². The number of nitrogens with zero attached hydrogens (tertiary/aromatic N) is 3. The Hall–Kier alpha value is -4.40. The Bertz CT molecular complexity index is 1470. The molecule has 1 aromatic rings. The molecule has 12 heteroatoms. The molecule has 286 valence electrons. The molecule has 0 aliphatic carbocycles. The minimum Gasteiger partial charge on any atom is -0.460 e. The first-order valence-electron chi connectivity index (χ1n) is 18.5. The SMILES string of the molecule is C#CCCC[C@@H]1OC(=O)[C@H](C(C)C)N(C)C(=O)[C@@H]2CCCN2C(=O)[C@H](C(C)C)OC(=O)[C@H](Cc2ccccc2)N(C)C(=O)[C@H](C(C)C)NC(=O)[C@H]1C. The molecular formula is C40H58N4O8. The largest absolute Gasteiger partial charge is 0.460 e. The topological polar surface area (TPSA) is 143 Å². The molecule has 1 aromatic carbocycles. The summed E-state index contributed by atoms with van der Waals surface area (Å²) in [5.74, 6) is -3.00. The molecule has 2 saturated heterocycles. The van der Waals surface area contributed by atoms with Crippen LogP contribution in [0.1, 0.15) is 86.1 Å². The van der Waals surface area contributed by atoms with E-state index in [4.69, 9.17) is 15.9 Å². The molecule has 0 saturated carbocycles. The number of fused-ring (bicyclic) bond motifs is 1. The van der Waals surface area contributed by atoms with Crippen LogP contribution in [0, 0.1) is 36.0 Å². The molecule has 2 aliphatic rings. The molecule has 0 radical (unpaired) electrons. The third kappa shape index (κ3) is 10.1. The van der Waals surface area contributed by atoms with Gasteiger partial charge in [0.05, 0.1) is 5.92 Å². The van der Waals surface area contributed by atoms with Gasteiger partial charge >= 0.3 is 11.9 Å². The monoisotopic (exact) mass is 722 g/mol. The third-order valence-corrected chi connectivity index (χ3v) is 10.2. The van der Waals surface area contributed by atoms with Crippen molar-refractivity contribution in [3.05, 3.63) is 35.9 Å². The van der Waals surface area contributed by atoms with Crippen molar-refractivity contribution < 1.29 is 38.2 Å². The lowest BCUT2D eigenvalue weighted by molar-refractivity contribution is -0.171. The van der Waals surface area contributed by atoms with Crippen LogP contribution in [0.25, 0.3) is 0 Å². The van der Waals surface area contributed by atoms with Gasteiger partial charge < -0.3 is 29.5 Å². The van der Waals surface area contributed by atoms with Crippen LogP contribution >= 0.6 is 0 Å². The molecule has 0 spiro atoms. The Morgan fingerprint density at radius 1 is 0.846 bits per heavy atom. The maximum absolute atomic E-state index is 14.3. The minimum atomic E-state index is -1.24. The smallest absolute Gasteiger partial charge is 0.329 e. The van der Waals surface area contributed by atoms with Gasteiger partial charge in [0.1, 0.15) is 30.3 Å². The zero-order valence-electron chi connectivity index (χ0n) is 32.3. The number of amides is 4. The van der Waals surface area contributed by atoms with E-state index in [1.54, 1.807) is 48.5 Å². The number of benzene rings is 1. The number of likely N-dealkylation sites (N-methyl/N-ethyl adjacent to an activating group) is 2. The summed E-state index contributed by atoms with van der Waals surface area (Å²) in [7, 11) is 3.00. The van der Waals surface area contributed by atoms with E-state index >= 15 is 0 Å². The Morgan fingerprint density at radius 2 is 1.50 bits per heavy atom. The van der Waals surface area contributed by atoms with Crippen molar-refractivity contribution in [3.8, 4) is 12.3 Å². The molecule has 12 nitrogen and oxygen atoms in total. The highest BCUT2D eigenvalue weighted by molar-refractivity contribution is 5.95. The van der Waals surface area contributed by atoms with E-state index in [1.165, 1.54) is 28.8 Å². The number of ether oxygens (including phenoxy) is 2. The maximum atomic E-state index is 14.3. The van der Waals surface area contributed by atoms with Crippen LogP contribution in [0.4, 0.5) is 0 Å². The number of cyclic esters (lactones) is 2. The molecular weight excluding hydrogens is 664 g/mol. The van der Waals surface area contributed by atoms with Crippen molar-refractivity contribution >= 4 is 35.6 Å². The van der Waals surface area contributed by atoms with Gasteiger partial charge in [0.2, 0.25) is 17.7 Å². The summed E-state index contributed by atoms with van der Waals surface area (Å²) >= 11 is 0. The van der Waals surface area contributed by atoms with Crippen LogP contribution in [-0.2, 0) is 44.7 Å². The van der Waals surface area contributed by atoms with E-state index in [0.29, 0.717) is 25.7 Å². The molecule has 7 atom stereocenters. The quantitative estimate of drug-likeness (QED) is 0.244. The molecule has 2 fully saturated rings. The number of carbonyl (C=O) groups is 6.